The van der Waals surface area contributed by atoms with Crippen LogP contribution in [-0.2, 0) is 23.1 Å². The lowest BCUT2D eigenvalue weighted by Crippen LogP contribution is -2.48. The SMILES string of the molecule is COc1ccc(CC(=O)N2CCCC3(CCc4cnc(C)nc43)C2)cc1F. The number of piperidine rings is 1. The van der Waals surface area contributed by atoms with Crippen LogP contribution < -0.4 is 4.74 Å². The molecule has 1 spiro atoms. The average Bonchev–Trinajstić information content (AvgIpc) is 2.99. The molecule has 0 saturated carbocycles. The second kappa shape index (κ2) is 6.91. The van der Waals surface area contributed by atoms with Crippen LogP contribution >= 0.6 is 0 Å². The molecule has 1 aliphatic heterocycles. The smallest absolute Gasteiger partial charge is 0.227 e. The molecule has 5 nitrogen and oxygen atoms in total. The Morgan fingerprint density at radius 2 is 2.22 bits per heavy atom. The highest BCUT2D eigenvalue weighted by molar-refractivity contribution is 5.79. The van der Waals surface area contributed by atoms with E-state index in [4.69, 9.17) is 9.72 Å². The van der Waals surface area contributed by atoms with Gasteiger partial charge in [0.2, 0.25) is 5.91 Å². The third kappa shape index (κ3) is 3.29. The summed E-state index contributed by atoms with van der Waals surface area (Å²) in [7, 11) is 1.43. The Hall–Kier alpha value is -2.50. The zero-order valence-electron chi connectivity index (χ0n) is 15.8. The molecule has 27 heavy (non-hydrogen) atoms. The molecular formula is C21H24FN3O2. The van der Waals surface area contributed by atoms with E-state index >= 15 is 0 Å². The van der Waals surface area contributed by atoms with E-state index in [0.29, 0.717) is 12.1 Å². The molecule has 2 aromatic rings. The summed E-state index contributed by atoms with van der Waals surface area (Å²) in [5, 5.41) is 0. The quantitative estimate of drug-likeness (QED) is 0.835. The van der Waals surface area contributed by atoms with Crippen LogP contribution in [0.1, 0.15) is 41.9 Å². The first-order valence-electron chi connectivity index (χ1n) is 9.44. The highest BCUT2D eigenvalue weighted by atomic mass is 19.1. The van der Waals surface area contributed by atoms with Crippen molar-refractivity contribution >= 4 is 5.91 Å². The highest BCUT2D eigenvalue weighted by Gasteiger charge is 2.44. The molecule has 2 aliphatic rings. The minimum Gasteiger partial charge on any atom is -0.494 e. The van der Waals surface area contributed by atoms with Crippen LogP contribution in [0.2, 0.25) is 0 Å². The number of aromatic nitrogens is 2. The number of carbonyl (C=O) groups is 1. The van der Waals surface area contributed by atoms with Crippen LogP contribution in [0, 0.1) is 12.7 Å². The number of ether oxygens (including phenoxy) is 1. The molecule has 1 aromatic heterocycles. The standard InChI is InChI=1S/C21H24FN3O2/c1-14-23-12-16-6-8-21(20(16)24-14)7-3-9-25(13-21)19(26)11-15-4-5-18(27-2)17(22)10-15/h4-5,10,12H,3,6-9,11,13H2,1-2H3. The van der Waals surface area contributed by atoms with Gasteiger partial charge in [0.25, 0.3) is 0 Å². The number of likely N-dealkylation sites (tertiary alicyclic amines) is 1. The van der Waals surface area contributed by atoms with E-state index in [1.807, 2.05) is 18.0 Å². The third-order valence-corrected chi connectivity index (χ3v) is 5.86. The number of halogens is 1. The first-order valence-corrected chi connectivity index (χ1v) is 9.44. The van der Waals surface area contributed by atoms with Crippen molar-refractivity contribution in [1.29, 1.82) is 0 Å². The van der Waals surface area contributed by atoms with E-state index in [0.717, 1.165) is 43.7 Å². The van der Waals surface area contributed by atoms with Crippen LogP contribution in [0.3, 0.4) is 0 Å². The molecule has 2 heterocycles. The van der Waals surface area contributed by atoms with E-state index in [1.54, 1.807) is 12.1 Å². The third-order valence-electron chi connectivity index (χ3n) is 5.86. The van der Waals surface area contributed by atoms with Crippen molar-refractivity contribution in [3.8, 4) is 5.75 Å². The number of fused-ring (bicyclic) bond motifs is 2. The fourth-order valence-electron chi connectivity index (χ4n) is 4.48. The summed E-state index contributed by atoms with van der Waals surface area (Å²) in [5.41, 5.74) is 2.96. The summed E-state index contributed by atoms with van der Waals surface area (Å²) in [4.78, 5) is 23.9. The summed E-state index contributed by atoms with van der Waals surface area (Å²) >= 11 is 0. The molecule has 0 N–H and O–H groups in total. The Kier molecular flexibility index (Phi) is 4.58. The number of nitrogens with zero attached hydrogens (tertiary/aromatic N) is 3. The Balaban J connectivity index is 1.52. The van der Waals surface area contributed by atoms with Crippen LogP contribution in [0.4, 0.5) is 4.39 Å². The second-order valence-electron chi connectivity index (χ2n) is 7.64. The fourth-order valence-corrected chi connectivity index (χ4v) is 4.48. The molecule has 142 valence electrons. The lowest BCUT2D eigenvalue weighted by atomic mass is 9.77. The van der Waals surface area contributed by atoms with E-state index < -0.39 is 5.82 Å². The van der Waals surface area contributed by atoms with Crippen molar-refractivity contribution < 1.29 is 13.9 Å². The number of amides is 1. The molecular weight excluding hydrogens is 345 g/mol. The summed E-state index contributed by atoms with van der Waals surface area (Å²) in [6.45, 7) is 3.35. The van der Waals surface area contributed by atoms with Crippen LogP contribution in [0.25, 0.3) is 0 Å². The van der Waals surface area contributed by atoms with E-state index in [9.17, 15) is 9.18 Å². The van der Waals surface area contributed by atoms with Gasteiger partial charge in [0.05, 0.1) is 19.2 Å². The molecule has 1 atom stereocenters. The van der Waals surface area contributed by atoms with Crippen molar-refractivity contribution in [2.45, 2.75) is 44.4 Å². The van der Waals surface area contributed by atoms with Gasteiger partial charge in [-0.05, 0) is 55.9 Å². The average molecular weight is 369 g/mol. The molecule has 6 heteroatoms. The van der Waals surface area contributed by atoms with E-state index in [-0.39, 0.29) is 23.5 Å². The van der Waals surface area contributed by atoms with Gasteiger partial charge in [0.1, 0.15) is 5.82 Å². The van der Waals surface area contributed by atoms with Crippen molar-refractivity contribution in [3.05, 3.63) is 52.9 Å². The van der Waals surface area contributed by atoms with Gasteiger partial charge in [-0.25, -0.2) is 14.4 Å². The summed E-state index contributed by atoms with van der Waals surface area (Å²) in [6, 6.07) is 4.71. The predicted molar refractivity (Wildman–Crippen MR) is 99.2 cm³/mol. The maximum Gasteiger partial charge on any atom is 0.227 e. The first kappa shape index (κ1) is 17.9. The minimum atomic E-state index is -0.435. The molecule has 0 bridgehead atoms. The van der Waals surface area contributed by atoms with Crippen molar-refractivity contribution in [2.75, 3.05) is 20.2 Å². The predicted octanol–water partition coefficient (Wildman–Crippen LogP) is 2.98. The van der Waals surface area contributed by atoms with Crippen molar-refractivity contribution in [2.24, 2.45) is 0 Å². The maximum atomic E-state index is 13.9. The molecule has 1 unspecified atom stereocenters. The number of benzene rings is 1. The number of rotatable bonds is 3. The molecule has 1 amide bonds. The zero-order valence-corrected chi connectivity index (χ0v) is 15.8. The van der Waals surface area contributed by atoms with E-state index in [2.05, 4.69) is 4.98 Å². The van der Waals surface area contributed by atoms with Gasteiger partial charge < -0.3 is 9.64 Å². The lowest BCUT2D eigenvalue weighted by molar-refractivity contribution is -0.132. The Labute approximate surface area is 158 Å². The van der Waals surface area contributed by atoms with Gasteiger partial charge in [-0.1, -0.05) is 6.07 Å². The van der Waals surface area contributed by atoms with Gasteiger partial charge >= 0.3 is 0 Å². The fraction of sp³-hybridized carbons (Fsp3) is 0.476. The van der Waals surface area contributed by atoms with Crippen LogP contribution in [-0.4, -0.2) is 41.0 Å². The van der Waals surface area contributed by atoms with E-state index in [1.165, 1.54) is 18.7 Å². The maximum absolute atomic E-state index is 13.9. The molecule has 4 rings (SSSR count). The number of carbonyl (C=O) groups excluding carboxylic acids is 1. The largest absolute Gasteiger partial charge is 0.494 e. The summed E-state index contributed by atoms with van der Waals surface area (Å²) < 4.78 is 18.9. The van der Waals surface area contributed by atoms with Gasteiger partial charge in [-0.3, -0.25) is 4.79 Å². The molecule has 0 radical (unpaired) electrons. The normalized spacial score (nSPS) is 21.4. The van der Waals surface area contributed by atoms with Gasteiger partial charge in [-0.15, -0.1) is 0 Å². The summed E-state index contributed by atoms with van der Waals surface area (Å²) in [6.07, 6.45) is 6.14. The lowest BCUT2D eigenvalue weighted by Gasteiger charge is -2.40. The number of hydrogen-bond donors (Lipinski definition) is 0. The Bertz CT molecular complexity index is 882. The Morgan fingerprint density at radius 1 is 1.37 bits per heavy atom. The second-order valence-corrected chi connectivity index (χ2v) is 7.64. The van der Waals surface area contributed by atoms with Gasteiger partial charge in [-0.2, -0.15) is 0 Å². The molecule has 1 aliphatic carbocycles. The van der Waals surface area contributed by atoms with Crippen molar-refractivity contribution in [3.63, 3.8) is 0 Å². The number of aryl methyl sites for hydroxylation is 2. The van der Waals surface area contributed by atoms with Crippen LogP contribution in [0.15, 0.2) is 24.4 Å². The molecule has 1 fully saturated rings. The van der Waals surface area contributed by atoms with Gasteiger partial charge in [0.15, 0.2) is 11.6 Å². The minimum absolute atomic E-state index is 0.0397. The summed E-state index contributed by atoms with van der Waals surface area (Å²) in [5.74, 6) is 0.584. The number of hydrogen-bond acceptors (Lipinski definition) is 4. The molecule has 1 saturated heterocycles. The molecule has 1 aromatic carbocycles. The zero-order chi connectivity index (χ0) is 19.0. The topological polar surface area (TPSA) is 55.3 Å². The Morgan fingerprint density at radius 3 is 3.00 bits per heavy atom. The van der Waals surface area contributed by atoms with Crippen LogP contribution in [0.5, 0.6) is 5.75 Å². The van der Waals surface area contributed by atoms with Crippen molar-refractivity contribution in [1.82, 2.24) is 14.9 Å². The highest BCUT2D eigenvalue weighted by Crippen LogP contribution is 2.43. The van der Waals surface area contributed by atoms with Gasteiger partial charge in [0, 0.05) is 24.7 Å². The first-order chi connectivity index (χ1) is 13.0. The number of methoxy groups -OCH3 is 1. The monoisotopic (exact) mass is 369 g/mol.